The summed E-state index contributed by atoms with van der Waals surface area (Å²) in [5.74, 6) is 0. The van der Waals surface area contributed by atoms with Gasteiger partial charge in [-0.1, -0.05) is 94.2 Å². The molecule has 0 saturated carbocycles. The van der Waals surface area contributed by atoms with E-state index in [0.717, 1.165) is 57.2 Å². The van der Waals surface area contributed by atoms with Crippen LogP contribution in [0.3, 0.4) is 0 Å². The molecule has 6 aromatic rings. The van der Waals surface area contributed by atoms with E-state index in [1.807, 2.05) is 24.3 Å². The normalized spacial score (nSPS) is 15.6. The first-order valence-corrected chi connectivity index (χ1v) is 24.5. The third-order valence-electron chi connectivity index (χ3n) is 13.7. The summed E-state index contributed by atoms with van der Waals surface area (Å²) in [5, 5.41) is 0. The molecule has 8 rings (SSSR count). The van der Waals surface area contributed by atoms with Gasteiger partial charge in [0, 0.05) is 53.9 Å². The largest absolute Gasteiger partial charge is 0.411 e. The second kappa shape index (κ2) is 20.6. The Labute approximate surface area is 416 Å². The minimum absolute atomic E-state index is 0.00583. The molecule has 2 aliphatic rings. The Kier molecular flexibility index (Phi) is 15.1. The number of alkyl halides is 6. The van der Waals surface area contributed by atoms with Crippen molar-refractivity contribution in [3.05, 3.63) is 176 Å². The number of halogens is 8. The monoisotopic (exact) mass is 1080 g/mol. The zero-order valence-corrected chi connectivity index (χ0v) is 42.0. The molecule has 6 aromatic carbocycles. The maximum atomic E-state index is 16.2. The summed E-state index contributed by atoms with van der Waals surface area (Å²) >= 11 is 6.93. The molecule has 69 heavy (non-hydrogen) atoms. The summed E-state index contributed by atoms with van der Waals surface area (Å²) in [7, 11) is 0. The lowest BCUT2D eigenvalue weighted by Crippen LogP contribution is -2.54. The van der Waals surface area contributed by atoms with Crippen molar-refractivity contribution in [1.29, 1.82) is 0 Å². The molecule has 14 heteroatoms. The van der Waals surface area contributed by atoms with E-state index >= 15 is 26.3 Å². The number of hydrogen-bond donors (Lipinski definition) is 0. The number of benzene rings is 6. The molecule has 2 aliphatic heterocycles. The van der Waals surface area contributed by atoms with Crippen LogP contribution in [0, 0.1) is 24.7 Å². The minimum Gasteiger partial charge on any atom is -0.380 e. The fourth-order valence-electron chi connectivity index (χ4n) is 9.00. The SMILES string of the molecule is CCC1(COCc2ccc(N(c3ccc(Br)cc3)c3cc(C(c4ccc(C)c(N(c5ccc(Br)cc5)c5ccc(COCC6(CC)COC6)cc5)c4)(C(F)(F)F)C(F)(F)F)ccc3C)cc2)COC1. The zero-order valence-electron chi connectivity index (χ0n) is 38.8. The molecule has 0 amide bonds. The van der Waals surface area contributed by atoms with Crippen molar-refractivity contribution >= 4 is 66.0 Å². The number of nitrogens with zero attached hydrogens (tertiary/aromatic N) is 2. The van der Waals surface area contributed by atoms with E-state index in [9.17, 15) is 0 Å². The summed E-state index contributed by atoms with van der Waals surface area (Å²) < 4.78 is 122. The average molecular weight is 1080 g/mol. The van der Waals surface area contributed by atoms with Crippen LogP contribution in [0.5, 0.6) is 0 Å². The predicted octanol–water partition coefficient (Wildman–Crippen LogP) is 16.1. The van der Waals surface area contributed by atoms with Crippen LogP contribution in [0.4, 0.5) is 60.5 Å². The van der Waals surface area contributed by atoms with Crippen LogP contribution in [0.25, 0.3) is 0 Å². The topological polar surface area (TPSA) is 43.4 Å². The Hall–Kier alpha value is -4.70. The lowest BCUT2D eigenvalue weighted by Gasteiger charge is -2.40. The summed E-state index contributed by atoms with van der Waals surface area (Å²) in [6.45, 7) is 11.8. The third kappa shape index (κ3) is 10.4. The van der Waals surface area contributed by atoms with Gasteiger partial charge in [-0.25, -0.2) is 0 Å². The highest BCUT2D eigenvalue weighted by Crippen LogP contribution is 2.58. The number of hydrogen-bond acceptors (Lipinski definition) is 6. The Balaban J connectivity index is 1.21. The molecule has 0 atom stereocenters. The second-order valence-electron chi connectivity index (χ2n) is 18.4. The Morgan fingerprint density at radius 1 is 0.493 bits per heavy atom. The Bertz CT molecular complexity index is 2490. The summed E-state index contributed by atoms with van der Waals surface area (Å²) in [6.07, 6.45) is -9.87. The van der Waals surface area contributed by atoms with Crippen LogP contribution in [0.1, 0.15) is 60.1 Å². The summed E-state index contributed by atoms with van der Waals surface area (Å²) in [5.41, 5.74) is -1.40. The summed E-state index contributed by atoms with van der Waals surface area (Å²) in [4.78, 5) is 3.36. The van der Waals surface area contributed by atoms with Crippen LogP contribution >= 0.6 is 31.9 Å². The second-order valence-corrected chi connectivity index (χ2v) is 20.2. The van der Waals surface area contributed by atoms with Gasteiger partial charge in [0.15, 0.2) is 0 Å². The van der Waals surface area contributed by atoms with Crippen molar-refractivity contribution in [3.8, 4) is 0 Å². The molecule has 0 bridgehead atoms. The maximum Gasteiger partial charge on any atom is 0.411 e. The van der Waals surface area contributed by atoms with Gasteiger partial charge in [0.25, 0.3) is 0 Å². The molecule has 0 unspecified atom stereocenters. The first-order valence-electron chi connectivity index (χ1n) is 22.9. The molecule has 0 aliphatic carbocycles. The number of rotatable bonds is 18. The van der Waals surface area contributed by atoms with E-state index in [4.69, 9.17) is 18.9 Å². The third-order valence-corrected chi connectivity index (χ3v) is 14.7. The fourth-order valence-corrected chi connectivity index (χ4v) is 9.53. The lowest BCUT2D eigenvalue weighted by atomic mass is 9.72. The van der Waals surface area contributed by atoms with E-state index in [-0.39, 0.29) is 22.2 Å². The van der Waals surface area contributed by atoms with E-state index in [1.165, 1.54) is 12.1 Å². The van der Waals surface area contributed by atoms with Gasteiger partial charge in [-0.3, -0.25) is 0 Å². The van der Waals surface area contributed by atoms with Gasteiger partial charge in [0.1, 0.15) is 0 Å². The van der Waals surface area contributed by atoms with E-state index in [2.05, 4.69) is 45.7 Å². The highest BCUT2D eigenvalue weighted by Gasteiger charge is 2.72. The highest BCUT2D eigenvalue weighted by atomic mass is 79.9. The van der Waals surface area contributed by atoms with E-state index in [0.29, 0.717) is 86.7 Å². The maximum absolute atomic E-state index is 16.2. The van der Waals surface area contributed by atoms with Gasteiger partial charge in [0.05, 0.1) is 52.9 Å². The minimum atomic E-state index is -5.86. The van der Waals surface area contributed by atoms with Crippen molar-refractivity contribution in [2.24, 2.45) is 10.8 Å². The molecule has 6 nitrogen and oxygen atoms in total. The number of anilines is 6. The molecular weight excluding hydrogens is 1030 g/mol. The van der Waals surface area contributed by atoms with Gasteiger partial charge in [-0.15, -0.1) is 0 Å². The van der Waals surface area contributed by atoms with Crippen LogP contribution in [-0.4, -0.2) is 52.0 Å². The van der Waals surface area contributed by atoms with Gasteiger partial charge < -0.3 is 28.7 Å². The Morgan fingerprint density at radius 2 is 0.812 bits per heavy atom. The van der Waals surface area contributed by atoms with Gasteiger partial charge >= 0.3 is 12.4 Å². The summed E-state index contributed by atoms with van der Waals surface area (Å²) in [6, 6.07) is 35.3. The molecule has 2 saturated heterocycles. The van der Waals surface area contributed by atoms with E-state index in [1.54, 1.807) is 96.4 Å². The quantitative estimate of drug-likeness (QED) is 0.0799. The predicted molar refractivity (Wildman–Crippen MR) is 266 cm³/mol. The van der Waals surface area contributed by atoms with E-state index < -0.39 is 28.9 Å². The van der Waals surface area contributed by atoms with Crippen LogP contribution < -0.4 is 9.80 Å². The molecule has 0 spiro atoms. The Morgan fingerprint density at radius 3 is 1.09 bits per heavy atom. The average Bonchev–Trinajstić information content (AvgIpc) is 3.29. The van der Waals surface area contributed by atoms with Crippen molar-refractivity contribution < 1.29 is 45.3 Å². The lowest BCUT2D eigenvalue weighted by molar-refractivity contribution is -0.288. The van der Waals surface area contributed by atoms with Crippen LogP contribution in [0.2, 0.25) is 0 Å². The fraction of sp³-hybridized carbons (Fsp3) is 0.345. The smallest absolute Gasteiger partial charge is 0.380 e. The standard InChI is InChI=1S/C55H54Br2F6N2O4/c1-5-51(33-68-34-51)31-66-29-39-9-19-45(20-10-39)64(47-23-15-43(56)16-24-47)49-27-41(13-7-37(49)3)53(54(58,59)60,55(61,62)63)42-14-8-38(4)50(28-42)65(48-25-17-44(57)18-26-48)46-21-11-40(12-22-46)30-67-32-52(6-2)35-69-36-52/h7-28H,5-6,29-36H2,1-4H3. The van der Waals surface area contributed by atoms with Gasteiger partial charge in [-0.05, 0) is 145 Å². The molecule has 2 heterocycles. The molecule has 0 N–H and O–H groups in total. The first kappa shape index (κ1) is 50.7. The van der Waals surface area contributed by atoms with Gasteiger partial charge in [-0.2, -0.15) is 26.3 Å². The molecule has 0 aromatic heterocycles. The molecule has 364 valence electrons. The highest BCUT2D eigenvalue weighted by molar-refractivity contribution is 9.10. The van der Waals surface area contributed by atoms with Crippen molar-refractivity contribution in [3.63, 3.8) is 0 Å². The molecule has 2 fully saturated rings. The molecule has 0 radical (unpaired) electrons. The van der Waals surface area contributed by atoms with Crippen molar-refractivity contribution in [2.45, 2.75) is 71.5 Å². The zero-order chi connectivity index (χ0) is 49.2. The molecular formula is C55H54Br2F6N2O4. The first-order chi connectivity index (χ1) is 32.9. The number of aryl methyl sites for hydroxylation is 2. The van der Waals surface area contributed by atoms with Crippen molar-refractivity contribution in [1.82, 2.24) is 0 Å². The van der Waals surface area contributed by atoms with Crippen LogP contribution in [-0.2, 0) is 37.6 Å². The van der Waals surface area contributed by atoms with Crippen LogP contribution in [0.15, 0.2) is 142 Å². The van der Waals surface area contributed by atoms with Crippen molar-refractivity contribution in [2.75, 3.05) is 49.4 Å². The van der Waals surface area contributed by atoms with Gasteiger partial charge in [0.2, 0.25) is 5.41 Å². The number of ether oxygens (including phenoxy) is 4.